The van der Waals surface area contributed by atoms with Gasteiger partial charge in [0.25, 0.3) is 5.91 Å². The van der Waals surface area contributed by atoms with Crippen LogP contribution in [0.15, 0.2) is 53.7 Å². The zero-order valence-electron chi connectivity index (χ0n) is 18.5. The number of hydrogen-bond acceptors (Lipinski definition) is 6. The number of nitrogens with one attached hydrogen (secondary N) is 1. The number of fused-ring (bicyclic) bond motifs is 1. The lowest BCUT2D eigenvalue weighted by atomic mass is 10.1. The molecule has 0 aliphatic carbocycles. The van der Waals surface area contributed by atoms with Gasteiger partial charge in [-0.25, -0.2) is 4.98 Å². The summed E-state index contributed by atoms with van der Waals surface area (Å²) in [4.78, 5) is 21.9. The molecular formula is C24H27N5OS2. The van der Waals surface area contributed by atoms with Crippen molar-refractivity contribution in [1.82, 2.24) is 19.8 Å². The molecule has 3 aromatic rings. The quantitative estimate of drug-likeness (QED) is 0.460. The van der Waals surface area contributed by atoms with Crippen LogP contribution >= 0.6 is 24.0 Å². The zero-order valence-corrected chi connectivity index (χ0v) is 20.2. The number of imidazole rings is 1. The van der Waals surface area contributed by atoms with Gasteiger partial charge in [0, 0.05) is 37.6 Å². The van der Waals surface area contributed by atoms with Gasteiger partial charge >= 0.3 is 0 Å². The minimum atomic E-state index is -0.141. The van der Waals surface area contributed by atoms with Gasteiger partial charge in [0.05, 0.1) is 15.9 Å². The number of carbonyl (C=O) groups is 1. The molecule has 166 valence electrons. The lowest BCUT2D eigenvalue weighted by Gasteiger charge is -2.34. The molecular weight excluding hydrogens is 438 g/mol. The summed E-state index contributed by atoms with van der Waals surface area (Å²) in [6.07, 6.45) is 3.71. The third-order valence-electron chi connectivity index (χ3n) is 5.51. The standard InChI is InChI=1S/C22H21N5OS2.C2H6/c1-25-8-10-26(11-9-25)16-3-5-17(6-4-16)27-14-23-18-7-2-15(12-19(18)27)13-20-21(28)24-22(29)30-20;1-2/h2-7,12-14H,8-11H2,1H3,(H,24,28,29);1-2H3/b20-13-;. The number of hydrogen-bond donors (Lipinski definition) is 1. The molecule has 6 nitrogen and oxygen atoms in total. The number of carbonyl (C=O) groups excluding carboxylic acids is 1. The number of likely N-dealkylation sites (N-methyl/N-ethyl adjacent to an activating group) is 1. The molecule has 1 N–H and O–H groups in total. The Morgan fingerprint density at radius 1 is 1.03 bits per heavy atom. The highest BCUT2D eigenvalue weighted by atomic mass is 32.2. The molecule has 8 heteroatoms. The van der Waals surface area contributed by atoms with E-state index in [9.17, 15) is 4.79 Å². The lowest BCUT2D eigenvalue weighted by Crippen LogP contribution is -2.44. The molecule has 1 amide bonds. The Morgan fingerprint density at radius 3 is 2.38 bits per heavy atom. The highest BCUT2D eigenvalue weighted by molar-refractivity contribution is 8.26. The molecule has 0 spiro atoms. The first-order valence-corrected chi connectivity index (χ1v) is 12.1. The van der Waals surface area contributed by atoms with E-state index in [0.29, 0.717) is 9.23 Å². The van der Waals surface area contributed by atoms with Gasteiger partial charge < -0.3 is 15.1 Å². The van der Waals surface area contributed by atoms with Crippen molar-refractivity contribution in [3.05, 3.63) is 59.3 Å². The Labute approximate surface area is 198 Å². The maximum atomic E-state index is 12.0. The van der Waals surface area contributed by atoms with Crippen molar-refractivity contribution in [3.8, 4) is 5.69 Å². The first-order chi connectivity index (χ1) is 15.6. The topological polar surface area (TPSA) is 53.4 Å². The summed E-state index contributed by atoms with van der Waals surface area (Å²) < 4.78 is 2.58. The summed E-state index contributed by atoms with van der Waals surface area (Å²) in [5.74, 6) is -0.141. The lowest BCUT2D eigenvalue weighted by molar-refractivity contribution is -0.115. The Hall–Kier alpha value is -2.68. The number of thiocarbonyl (C=S) groups is 1. The fraction of sp³-hybridized carbons (Fsp3) is 0.292. The number of rotatable bonds is 3. The Morgan fingerprint density at radius 2 is 1.72 bits per heavy atom. The third-order valence-corrected chi connectivity index (χ3v) is 6.67. The molecule has 32 heavy (non-hydrogen) atoms. The van der Waals surface area contributed by atoms with Crippen molar-refractivity contribution in [2.45, 2.75) is 13.8 Å². The molecule has 2 aromatic carbocycles. The van der Waals surface area contributed by atoms with Crippen molar-refractivity contribution in [2.75, 3.05) is 38.1 Å². The fourth-order valence-corrected chi connectivity index (χ4v) is 4.83. The third kappa shape index (κ3) is 4.72. The van der Waals surface area contributed by atoms with Crippen LogP contribution in [0, 0.1) is 0 Å². The average Bonchev–Trinajstić information content (AvgIpc) is 3.37. The maximum absolute atomic E-state index is 12.0. The smallest absolute Gasteiger partial charge is 0.263 e. The minimum absolute atomic E-state index is 0.141. The SMILES string of the molecule is CC.CN1CCN(c2ccc(-n3cnc4ccc(/C=C5\SC(=S)NC5=O)cc43)cc2)CC1. The van der Waals surface area contributed by atoms with Crippen molar-refractivity contribution in [3.63, 3.8) is 0 Å². The number of amides is 1. The van der Waals surface area contributed by atoms with Crippen LogP contribution in [0.2, 0.25) is 0 Å². The van der Waals surface area contributed by atoms with Crippen LogP contribution in [0.25, 0.3) is 22.8 Å². The molecule has 2 aliphatic rings. The molecule has 0 unspecified atom stereocenters. The first kappa shape index (κ1) is 22.5. The summed E-state index contributed by atoms with van der Waals surface area (Å²) >= 11 is 6.36. The van der Waals surface area contributed by atoms with E-state index in [1.807, 2.05) is 38.4 Å². The number of nitrogens with zero attached hydrogens (tertiary/aromatic N) is 4. The van der Waals surface area contributed by atoms with Gasteiger partial charge in [-0.15, -0.1) is 0 Å². The number of piperazine rings is 1. The second-order valence-corrected chi connectivity index (χ2v) is 9.24. The van der Waals surface area contributed by atoms with E-state index in [1.165, 1.54) is 17.4 Å². The first-order valence-electron chi connectivity index (χ1n) is 10.8. The van der Waals surface area contributed by atoms with Crippen molar-refractivity contribution >= 4 is 57.0 Å². The fourth-order valence-electron chi connectivity index (χ4n) is 3.78. The van der Waals surface area contributed by atoms with E-state index in [1.54, 1.807) is 0 Å². The highest BCUT2D eigenvalue weighted by Gasteiger charge is 2.22. The highest BCUT2D eigenvalue weighted by Crippen LogP contribution is 2.28. The number of thioether (sulfide) groups is 1. The van der Waals surface area contributed by atoms with E-state index in [4.69, 9.17) is 12.2 Å². The second kappa shape index (κ2) is 9.85. The average molecular weight is 466 g/mol. The predicted molar refractivity (Wildman–Crippen MR) is 138 cm³/mol. The number of aromatic nitrogens is 2. The van der Waals surface area contributed by atoms with E-state index in [0.717, 1.165) is 48.5 Å². The molecule has 2 aliphatic heterocycles. The van der Waals surface area contributed by atoms with Gasteiger partial charge in [0.1, 0.15) is 10.6 Å². The molecule has 0 saturated carbocycles. The Balaban J connectivity index is 0.00000119. The van der Waals surface area contributed by atoms with E-state index in [-0.39, 0.29) is 5.91 Å². The van der Waals surface area contributed by atoms with Crippen LogP contribution in [0.1, 0.15) is 19.4 Å². The van der Waals surface area contributed by atoms with Gasteiger partial charge in [0.2, 0.25) is 0 Å². The van der Waals surface area contributed by atoms with Gasteiger partial charge in [0.15, 0.2) is 0 Å². The van der Waals surface area contributed by atoms with Crippen LogP contribution in [0.4, 0.5) is 5.69 Å². The summed E-state index contributed by atoms with van der Waals surface area (Å²) in [7, 11) is 2.17. The summed E-state index contributed by atoms with van der Waals surface area (Å²) in [6.45, 7) is 8.29. The Bertz CT molecular complexity index is 1160. The number of benzene rings is 2. The van der Waals surface area contributed by atoms with Crippen LogP contribution in [-0.2, 0) is 4.79 Å². The molecule has 2 saturated heterocycles. The molecule has 3 heterocycles. The van der Waals surface area contributed by atoms with Gasteiger partial charge in [-0.1, -0.05) is 43.9 Å². The van der Waals surface area contributed by atoms with Crippen LogP contribution in [0.5, 0.6) is 0 Å². The van der Waals surface area contributed by atoms with Crippen molar-refractivity contribution in [1.29, 1.82) is 0 Å². The summed E-state index contributed by atoms with van der Waals surface area (Å²) in [5, 5.41) is 2.65. The van der Waals surface area contributed by atoms with Crippen LogP contribution in [0.3, 0.4) is 0 Å². The zero-order chi connectivity index (χ0) is 22.7. The van der Waals surface area contributed by atoms with E-state index >= 15 is 0 Å². The number of anilines is 1. The minimum Gasteiger partial charge on any atom is -0.369 e. The van der Waals surface area contributed by atoms with E-state index in [2.05, 4.69) is 62.0 Å². The van der Waals surface area contributed by atoms with Crippen LogP contribution < -0.4 is 10.2 Å². The van der Waals surface area contributed by atoms with E-state index < -0.39 is 0 Å². The van der Waals surface area contributed by atoms with Crippen molar-refractivity contribution < 1.29 is 4.79 Å². The van der Waals surface area contributed by atoms with Gasteiger partial charge in [-0.05, 0) is 55.1 Å². The Kier molecular flexibility index (Phi) is 6.93. The second-order valence-electron chi connectivity index (χ2n) is 7.52. The van der Waals surface area contributed by atoms with Gasteiger partial charge in [-0.3, -0.25) is 9.36 Å². The predicted octanol–water partition coefficient (Wildman–Crippen LogP) is 4.29. The summed E-state index contributed by atoms with van der Waals surface area (Å²) in [6, 6.07) is 14.6. The molecule has 0 bridgehead atoms. The molecule has 1 aromatic heterocycles. The normalized spacial score (nSPS) is 18.1. The molecule has 5 rings (SSSR count). The largest absolute Gasteiger partial charge is 0.369 e. The van der Waals surface area contributed by atoms with Crippen molar-refractivity contribution in [2.24, 2.45) is 0 Å². The summed E-state index contributed by atoms with van der Waals surface area (Å²) in [5.41, 5.74) is 5.18. The monoisotopic (exact) mass is 465 g/mol. The molecule has 2 fully saturated rings. The molecule has 0 radical (unpaired) electrons. The maximum Gasteiger partial charge on any atom is 0.263 e. The van der Waals surface area contributed by atoms with Gasteiger partial charge in [-0.2, -0.15) is 0 Å². The van der Waals surface area contributed by atoms with Crippen LogP contribution in [-0.4, -0.2) is 57.9 Å². The molecule has 0 atom stereocenters.